The van der Waals surface area contributed by atoms with Crippen molar-refractivity contribution < 1.29 is 0 Å². The van der Waals surface area contributed by atoms with Crippen LogP contribution in [-0.2, 0) is 11.8 Å². The van der Waals surface area contributed by atoms with Gasteiger partial charge in [0.05, 0.1) is 5.41 Å². The Morgan fingerprint density at radius 2 is 0.952 bits per heavy atom. The van der Waals surface area contributed by atoms with Crippen molar-refractivity contribution in [3.8, 4) is 44.5 Å². The smallest absolute Gasteiger partial charge is 0.0622 e. The van der Waals surface area contributed by atoms with Gasteiger partial charge in [-0.15, -0.1) is 0 Å². The molecule has 0 nitrogen and oxygen atoms in total. The molecule has 10 rings (SSSR count). The second-order valence-electron chi connectivity index (χ2n) is 12.0. The predicted molar refractivity (Wildman–Crippen MR) is 174 cm³/mol. The van der Waals surface area contributed by atoms with Crippen molar-refractivity contribution in [3.63, 3.8) is 0 Å². The lowest BCUT2D eigenvalue weighted by molar-refractivity contribution is 0.784. The molecule has 0 fully saturated rings. The first-order valence-electron chi connectivity index (χ1n) is 14.9. The highest BCUT2D eigenvalue weighted by Crippen LogP contribution is 2.66. The van der Waals surface area contributed by atoms with Crippen LogP contribution in [0.4, 0.5) is 0 Å². The highest BCUT2D eigenvalue weighted by Gasteiger charge is 2.54. The minimum absolute atomic E-state index is 0.336. The molecule has 194 valence electrons. The quantitative estimate of drug-likeness (QED) is 0.198. The van der Waals surface area contributed by atoms with E-state index < -0.39 is 0 Å². The summed E-state index contributed by atoms with van der Waals surface area (Å²) in [6, 6.07) is 54.6. The van der Waals surface area contributed by atoms with Crippen LogP contribution >= 0.6 is 0 Å². The summed E-state index contributed by atoms with van der Waals surface area (Å²) in [6.45, 7) is 0. The molecule has 42 heavy (non-hydrogen) atoms. The largest absolute Gasteiger partial charge is 0.0728 e. The van der Waals surface area contributed by atoms with E-state index >= 15 is 0 Å². The Balaban J connectivity index is 1.37. The van der Waals surface area contributed by atoms with Crippen molar-refractivity contribution in [2.75, 3.05) is 0 Å². The van der Waals surface area contributed by atoms with Crippen LogP contribution in [0.5, 0.6) is 0 Å². The number of rotatable bonds is 1. The second kappa shape index (κ2) is 7.96. The molecule has 3 aliphatic rings. The van der Waals surface area contributed by atoms with Gasteiger partial charge >= 0.3 is 0 Å². The molecule has 0 aromatic heterocycles. The molecule has 0 saturated carbocycles. The van der Waals surface area contributed by atoms with Crippen molar-refractivity contribution in [2.24, 2.45) is 0 Å². The Kier molecular flexibility index (Phi) is 4.26. The lowest BCUT2D eigenvalue weighted by Gasteiger charge is -2.32. The van der Waals surface area contributed by atoms with E-state index in [0.29, 0.717) is 0 Å². The maximum Gasteiger partial charge on any atom is 0.0728 e. The molecule has 0 heteroatoms. The van der Waals surface area contributed by atoms with E-state index in [0.717, 1.165) is 6.42 Å². The number of benzene rings is 7. The summed E-state index contributed by atoms with van der Waals surface area (Å²) in [7, 11) is 0. The number of fused-ring (bicyclic) bond motifs is 17. The average molecular weight is 531 g/mol. The lowest BCUT2D eigenvalue weighted by Crippen LogP contribution is -2.27. The van der Waals surface area contributed by atoms with E-state index in [1.54, 1.807) is 0 Å². The monoisotopic (exact) mass is 530 g/mol. The van der Waals surface area contributed by atoms with Crippen molar-refractivity contribution in [3.05, 3.63) is 179 Å². The third kappa shape index (κ3) is 2.59. The van der Waals surface area contributed by atoms with Crippen molar-refractivity contribution in [2.45, 2.75) is 11.8 Å². The Morgan fingerprint density at radius 1 is 0.405 bits per heavy atom. The molecule has 0 heterocycles. The van der Waals surface area contributed by atoms with Crippen LogP contribution in [0.25, 0.3) is 55.3 Å². The van der Waals surface area contributed by atoms with Crippen molar-refractivity contribution >= 4 is 10.8 Å². The third-order valence-corrected chi connectivity index (χ3v) is 10.1. The maximum atomic E-state index is 2.44. The van der Waals surface area contributed by atoms with Crippen molar-refractivity contribution in [1.29, 1.82) is 0 Å². The Hall–Kier alpha value is -5.20. The first-order valence-corrected chi connectivity index (χ1v) is 14.9. The minimum atomic E-state index is -0.336. The average Bonchev–Trinajstić information content (AvgIpc) is 3.69. The molecule has 0 aliphatic heterocycles. The van der Waals surface area contributed by atoms with Gasteiger partial charge in [0.25, 0.3) is 0 Å². The van der Waals surface area contributed by atoms with E-state index in [-0.39, 0.29) is 5.41 Å². The Bertz CT molecular complexity index is 2220. The fourth-order valence-corrected chi connectivity index (χ4v) is 8.61. The van der Waals surface area contributed by atoms with Crippen LogP contribution in [0.1, 0.15) is 33.4 Å². The van der Waals surface area contributed by atoms with E-state index in [1.165, 1.54) is 88.7 Å². The molecule has 0 bridgehead atoms. The van der Waals surface area contributed by atoms with E-state index in [9.17, 15) is 0 Å². The molecule has 1 spiro atoms. The fraction of sp³-hybridized carbons (Fsp3) is 0.0476. The molecule has 0 amide bonds. The standard InChI is InChI=1S/C42H26/c1-2-12-26(13-3-1)27-22-23-29-28(24-27)25-35-39(29)32-16-4-5-17-33(32)40-34-18-8-11-21-38(34)42(41(35)40)36-19-9-6-14-30(36)31-15-7-10-20-37(31)42/h1-24H,25H2. The van der Waals surface area contributed by atoms with Gasteiger partial charge in [-0.2, -0.15) is 0 Å². The first kappa shape index (κ1) is 22.5. The third-order valence-electron chi connectivity index (χ3n) is 10.1. The summed E-state index contributed by atoms with van der Waals surface area (Å²) < 4.78 is 0. The van der Waals surface area contributed by atoms with Gasteiger partial charge in [0.2, 0.25) is 0 Å². The van der Waals surface area contributed by atoms with Crippen LogP contribution in [0.2, 0.25) is 0 Å². The summed E-state index contributed by atoms with van der Waals surface area (Å²) in [5, 5.41) is 2.72. The molecule has 0 atom stereocenters. The number of hydrogen-bond acceptors (Lipinski definition) is 0. The summed E-state index contributed by atoms with van der Waals surface area (Å²) in [4.78, 5) is 0. The Labute approximate surface area is 245 Å². The molecule has 3 aliphatic carbocycles. The minimum Gasteiger partial charge on any atom is -0.0622 e. The molecule has 7 aromatic carbocycles. The summed E-state index contributed by atoms with van der Waals surface area (Å²) in [5.41, 5.74) is 19.2. The van der Waals surface area contributed by atoms with Crippen LogP contribution in [0.3, 0.4) is 0 Å². The normalized spacial score (nSPS) is 14.3. The predicted octanol–water partition coefficient (Wildman–Crippen LogP) is 10.4. The summed E-state index contributed by atoms with van der Waals surface area (Å²) in [5.74, 6) is 0. The zero-order valence-electron chi connectivity index (χ0n) is 23.1. The van der Waals surface area contributed by atoms with Gasteiger partial charge in [-0.05, 0) is 95.1 Å². The van der Waals surface area contributed by atoms with Gasteiger partial charge in [0.1, 0.15) is 0 Å². The second-order valence-corrected chi connectivity index (χ2v) is 12.0. The first-order chi connectivity index (χ1) is 20.9. The molecule has 0 radical (unpaired) electrons. The Morgan fingerprint density at radius 3 is 1.64 bits per heavy atom. The SMILES string of the molecule is c1ccc(-c2ccc3c(c2)Cc2c4c(c5ccccc5c2-3)-c2ccccc2C42c3ccccc3-c3ccccc32)cc1. The molecule has 0 N–H and O–H groups in total. The van der Waals surface area contributed by atoms with Gasteiger partial charge in [0.15, 0.2) is 0 Å². The van der Waals surface area contributed by atoms with Crippen LogP contribution in [0, 0.1) is 0 Å². The molecule has 0 saturated heterocycles. The zero-order chi connectivity index (χ0) is 27.4. The van der Waals surface area contributed by atoms with Gasteiger partial charge in [-0.3, -0.25) is 0 Å². The van der Waals surface area contributed by atoms with Gasteiger partial charge in [0, 0.05) is 0 Å². The van der Waals surface area contributed by atoms with Crippen LogP contribution in [-0.4, -0.2) is 0 Å². The zero-order valence-corrected chi connectivity index (χ0v) is 23.1. The van der Waals surface area contributed by atoms with Gasteiger partial charge in [-0.25, -0.2) is 0 Å². The topological polar surface area (TPSA) is 0 Å². The van der Waals surface area contributed by atoms with E-state index in [4.69, 9.17) is 0 Å². The van der Waals surface area contributed by atoms with Crippen LogP contribution in [0.15, 0.2) is 146 Å². The van der Waals surface area contributed by atoms with Crippen molar-refractivity contribution in [1.82, 2.24) is 0 Å². The van der Waals surface area contributed by atoms with E-state index in [2.05, 4.69) is 146 Å². The maximum absolute atomic E-state index is 2.44. The van der Waals surface area contributed by atoms with Crippen LogP contribution < -0.4 is 0 Å². The summed E-state index contributed by atoms with van der Waals surface area (Å²) in [6.07, 6.45) is 0.943. The van der Waals surface area contributed by atoms with Gasteiger partial charge < -0.3 is 0 Å². The summed E-state index contributed by atoms with van der Waals surface area (Å²) >= 11 is 0. The lowest BCUT2D eigenvalue weighted by atomic mass is 9.68. The number of hydrogen-bond donors (Lipinski definition) is 0. The highest BCUT2D eigenvalue weighted by molar-refractivity contribution is 6.14. The fourth-order valence-electron chi connectivity index (χ4n) is 8.61. The highest BCUT2D eigenvalue weighted by atomic mass is 14.5. The van der Waals surface area contributed by atoms with E-state index in [1.807, 2.05) is 0 Å². The molecule has 7 aromatic rings. The molecule has 0 unspecified atom stereocenters. The molecular weight excluding hydrogens is 504 g/mol. The van der Waals surface area contributed by atoms with Gasteiger partial charge in [-0.1, -0.05) is 146 Å². The molecular formula is C42H26.